The molecule has 0 aromatic heterocycles. The summed E-state index contributed by atoms with van der Waals surface area (Å²) in [6.45, 7) is 4.51. The van der Waals surface area contributed by atoms with Crippen molar-refractivity contribution in [3.8, 4) is 5.75 Å². The van der Waals surface area contributed by atoms with Crippen molar-refractivity contribution >= 4 is 29.9 Å². The van der Waals surface area contributed by atoms with Crippen molar-refractivity contribution in [2.75, 3.05) is 20.2 Å². The van der Waals surface area contributed by atoms with E-state index in [-0.39, 0.29) is 35.5 Å². The molecule has 1 aromatic carbocycles. The van der Waals surface area contributed by atoms with Crippen LogP contribution in [-0.2, 0) is 6.54 Å². The number of ether oxygens (including phenoxy) is 1. The third-order valence-electron chi connectivity index (χ3n) is 3.62. The summed E-state index contributed by atoms with van der Waals surface area (Å²) in [4.78, 5) is 6.47. The van der Waals surface area contributed by atoms with Gasteiger partial charge >= 0.3 is 0 Å². The first-order valence-electron chi connectivity index (χ1n) is 6.97. The topological polar surface area (TPSA) is 50.9 Å². The van der Waals surface area contributed by atoms with Crippen LogP contribution in [0, 0.1) is 11.7 Å². The van der Waals surface area contributed by atoms with E-state index in [0.29, 0.717) is 18.4 Å². The Morgan fingerprint density at radius 2 is 2.29 bits per heavy atom. The van der Waals surface area contributed by atoms with Gasteiger partial charge in [-0.3, -0.25) is 0 Å². The van der Waals surface area contributed by atoms with Gasteiger partial charge in [0.15, 0.2) is 17.5 Å². The molecule has 0 radical (unpaired) electrons. The second kappa shape index (κ2) is 8.41. The maximum absolute atomic E-state index is 13.6. The third-order valence-corrected chi connectivity index (χ3v) is 3.62. The molecule has 0 spiro atoms. The monoisotopic (exact) mass is 407 g/mol. The average molecular weight is 407 g/mol. The van der Waals surface area contributed by atoms with Crippen molar-refractivity contribution in [1.29, 1.82) is 0 Å². The van der Waals surface area contributed by atoms with Crippen LogP contribution in [0.4, 0.5) is 4.39 Å². The van der Waals surface area contributed by atoms with Crippen molar-refractivity contribution in [3.05, 3.63) is 29.6 Å². The molecule has 1 atom stereocenters. The number of likely N-dealkylation sites (tertiary alicyclic amines) is 1. The molecule has 2 rings (SSSR count). The summed E-state index contributed by atoms with van der Waals surface area (Å²) < 4.78 is 18.5. The molecule has 1 aliphatic heterocycles. The fraction of sp³-hybridized carbons (Fsp3) is 0.533. The lowest BCUT2D eigenvalue weighted by molar-refractivity contribution is 0.270. The summed E-state index contributed by atoms with van der Waals surface area (Å²) >= 11 is 0. The second-order valence-electron chi connectivity index (χ2n) is 5.34. The molecule has 1 aliphatic rings. The number of halogens is 2. The molecular formula is C15H23FIN3O. The number of nitrogens with two attached hydrogens (primary N) is 1. The highest BCUT2D eigenvalue weighted by molar-refractivity contribution is 14.0. The van der Waals surface area contributed by atoms with E-state index in [4.69, 9.17) is 10.5 Å². The van der Waals surface area contributed by atoms with Gasteiger partial charge in [0.25, 0.3) is 0 Å². The minimum Gasteiger partial charge on any atom is -0.494 e. The number of aliphatic imine (C=N–C) groups is 1. The molecular weight excluding hydrogens is 384 g/mol. The van der Waals surface area contributed by atoms with Crippen LogP contribution in [0.25, 0.3) is 0 Å². The Bertz CT molecular complexity index is 496. The van der Waals surface area contributed by atoms with Gasteiger partial charge in [-0.15, -0.1) is 24.0 Å². The van der Waals surface area contributed by atoms with Crippen molar-refractivity contribution < 1.29 is 9.13 Å². The zero-order valence-electron chi connectivity index (χ0n) is 12.5. The first-order chi connectivity index (χ1) is 9.60. The fourth-order valence-corrected chi connectivity index (χ4v) is 2.48. The predicted molar refractivity (Wildman–Crippen MR) is 93.7 cm³/mol. The van der Waals surface area contributed by atoms with Crippen molar-refractivity contribution in [2.45, 2.75) is 26.3 Å². The standard InChI is InChI=1S/C15H22FN3O.HI/c1-11-4-3-7-19(10-11)15(17)18-9-12-5-6-14(20-2)13(16)8-12;/h5-6,8,11H,3-4,7,9-10H2,1-2H3,(H2,17,18);1H. The molecule has 0 bridgehead atoms. The first kappa shape index (κ1) is 18.0. The summed E-state index contributed by atoms with van der Waals surface area (Å²) in [6, 6.07) is 4.85. The van der Waals surface area contributed by atoms with Gasteiger partial charge in [-0.2, -0.15) is 0 Å². The van der Waals surface area contributed by atoms with Gasteiger partial charge in [0.1, 0.15) is 0 Å². The molecule has 1 unspecified atom stereocenters. The van der Waals surface area contributed by atoms with E-state index in [1.807, 2.05) is 0 Å². The van der Waals surface area contributed by atoms with Gasteiger partial charge in [-0.25, -0.2) is 9.38 Å². The summed E-state index contributed by atoms with van der Waals surface area (Å²) in [5.41, 5.74) is 6.80. The molecule has 1 heterocycles. The van der Waals surface area contributed by atoms with Crippen LogP contribution in [-0.4, -0.2) is 31.1 Å². The van der Waals surface area contributed by atoms with E-state index < -0.39 is 0 Å². The largest absolute Gasteiger partial charge is 0.494 e. The summed E-state index contributed by atoms with van der Waals surface area (Å²) in [5, 5.41) is 0. The van der Waals surface area contributed by atoms with Gasteiger partial charge in [0.2, 0.25) is 0 Å². The predicted octanol–water partition coefficient (Wildman–Crippen LogP) is 3.00. The summed E-state index contributed by atoms with van der Waals surface area (Å²) in [7, 11) is 1.45. The van der Waals surface area contributed by atoms with E-state index in [2.05, 4.69) is 16.8 Å². The molecule has 0 aliphatic carbocycles. The lowest BCUT2D eigenvalue weighted by atomic mass is 10.0. The quantitative estimate of drug-likeness (QED) is 0.476. The van der Waals surface area contributed by atoms with Gasteiger partial charge in [-0.05, 0) is 36.5 Å². The fourth-order valence-electron chi connectivity index (χ4n) is 2.48. The Hall–Kier alpha value is -1.05. The van der Waals surface area contributed by atoms with E-state index >= 15 is 0 Å². The van der Waals surface area contributed by atoms with Gasteiger partial charge in [0, 0.05) is 13.1 Å². The highest BCUT2D eigenvalue weighted by atomic mass is 127. The average Bonchev–Trinajstić information content (AvgIpc) is 2.45. The number of rotatable bonds is 3. The van der Waals surface area contributed by atoms with Crippen LogP contribution in [0.2, 0.25) is 0 Å². The number of hydrogen-bond acceptors (Lipinski definition) is 2. The van der Waals surface area contributed by atoms with Crippen molar-refractivity contribution in [1.82, 2.24) is 4.90 Å². The van der Waals surface area contributed by atoms with Crippen LogP contribution in [0.5, 0.6) is 5.75 Å². The lowest BCUT2D eigenvalue weighted by Crippen LogP contribution is -2.43. The maximum atomic E-state index is 13.6. The van der Waals surface area contributed by atoms with Gasteiger partial charge in [0.05, 0.1) is 13.7 Å². The second-order valence-corrected chi connectivity index (χ2v) is 5.34. The Morgan fingerprint density at radius 3 is 2.90 bits per heavy atom. The van der Waals surface area contributed by atoms with Gasteiger partial charge in [-0.1, -0.05) is 13.0 Å². The number of benzene rings is 1. The van der Waals surface area contributed by atoms with E-state index in [9.17, 15) is 4.39 Å². The minimum atomic E-state index is -0.370. The van der Waals surface area contributed by atoms with Crippen LogP contribution in [0.3, 0.4) is 0 Å². The Kier molecular flexibility index (Phi) is 7.21. The van der Waals surface area contributed by atoms with E-state index in [0.717, 1.165) is 25.1 Å². The molecule has 1 fully saturated rings. The van der Waals surface area contributed by atoms with Crippen LogP contribution in [0.1, 0.15) is 25.3 Å². The number of guanidine groups is 1. The maximum Gasteiger partial charge on any atom is 0.191 e. The number of nitrogens with zero attached hydrogens (tertiary/aromatic N) is 2. The third kappa shape index (κ3) is 5.01. The smallest absolute Gasteiger partial charge is 0.191 e. The normalized spacial score (nSPS) is 19.1. The number of hydrogen-bond donors (Lipinski definition) is 1. The lowest BCUT2D eigenvalue weighted by Gasteiger charge is -2.31. The molecule has 0 saturated carbocycles. The number of methoxy groups -OCH3 is 1. The number of piperidine rings is 1. The highest BCUT2D eigenvalue weighted by Crippen LogP contribution is 2.18. The molecule has 118 valence electrons. The van der Waals surface area contributed by atoms with Crippen molar-refractivity contribution in [3.63, 3.8) is 0 Å². The van der Waals surface area contributed by atoms with Crippen molar-refractivity contribution in [2.24, 2.45) is 16.6 Å². The molecule has 6 heteroatoms. The SMILES string of the molecule is COc1ccc(CN=C(N)N2CCCC(C)C2)cc1F.I. The van der Waals surface area contributed by atoms with E-state index in [1.54, 1.807) is 12.1 Å². The summed E-state index contributed by atoms with van der Waals surface area (Å²) in [5.74, 6) is 1.07. The molecule has 21 heavy (non-hydrogen) atoms. The van der Waals surface area contributed by atoms with Crippen LogP contribution >= 0.6 is 24.0 Å². The Balaban J connectivity index is 0.00000220. The van der Waals surface area contributed by atoms with Crippen LogP contribution in [0.15, 0.2) is 23.2 Å². The van der Waals surface area contributed by atoms with Gasteiger partial charge < -0.3 is 15.4 Å². The first-order valence-corrected chi connectivity index (χ1v) is 6.97. The highest BCUT2D eigenvalue weighted by Gasteiger charge is 2.17. The molecule has 0 amide bonds. The molecule has 4 nitrogen and oxygen atoms in total. The molecule has 2 N–H and O–H groups in total. The zero-order valence-corrected chi connectivity index (χ0v) is 14.8. The zero-order chi connectivity index (χ0) is 14.5. The van der Waals surface area contributed by atoms with E-state index in [1.165, 1.54) is 19.6 Å². The Morgan fingerprint density at radius 1 is 1.52 bits per heavy atom. The summed E-state index contributed by atoms with van der Waals surface area (Å²) in [6.07, 6.45) is 2.39. The Labute approximate surface area is 142 Å². The molecule has 1 aromatic rings. The molecule has 1 saturated heterocycles. The minimum absolute atomic E-state index is 0. The van der Waals surface area contributed by atoms with Crippen LogP contribution < -0.4 is 10.5 Å².